The van der Waals surface area contributed by atoms with Crippen LogP contribution in [-0.2, 0) is 6.42 Å². The van der Waals surface area contributed by atoms with E-state index in [1.54, 1.807) is 7.11 Å². The van der Waals surface area contributed by atoms with E-state index in [9.17, 15) is 0 Å². The molecular weight excluding hydrogens is 248 g/mol. The Hall–Kier alpha value is -1.61. The molecule has 1 unspecified atom stereocenters. The Morgan fingerprint density at radius 3 is 2.94 bits per heavy atom. The average Bonchev–Trinajstić information content (AvgIpc) is 2.81. The monoisotopic (exact) mass is 260 g/mol. The molecule has 0 N–H and O–H groups in total. The Bertz CT molecular complexity index is 586. The van der Waals surface area contributed by atoms with Crippen LogP contribution >= 0.6 is 11.6 Å². The van der Waals surface area contributed by atoms with Crippen LogP contribution in [-0.4, -0.2) is 17.1 Å². The number of benzene rings is 1. The van der Waals surface area contributed by atoms with Gasteiger partial charge in [0.1, 0.15) is 5.15 Å². The Labute approximate surface area is 111 Å². The van der Waals surface area contributed by atoms with Gasteiger partial charge in [0.25, 0.3) is 0 Å². The second-order valence-corrected chi connectivity index (χ2v) is 4.78. The molecule has 18 heavy (non-hydrogen) atoms. The summed E-state index contributed by atoms with van der Waals surface area (Å²) >= 11 is 6.00. The van der Waals surface area contributed by atoms with Crippen molar-refractivity contribution in [3.8, 4) is 6.01 Å². The molecule has 0 aliphatic heterocycles. The number of ether oxygens (including phenoxy) is 1. The smallest absolute Gasteiger partial charge is 0.317 e. The van der Waals surface area contributed by atoms with Crippen molar-refractivity contribution in [2.45, 2.75) is 18.8 Å². The summed E-state index contributed by atoms with van der Waals surface area (Å²) in [5.74, 6) is 0.301. The van der Waals surface area contributed by atoms with E-state index in [1.807, 2.05) is 6.07 Å². The number of hydrogen-bond acceptors (Lipinski definition) is 3. The number of methoxy groups -OCH3 is 1. The van der Waals surface area contributed by atoms with Crippen molar-refractivity contribution < 1.29 is 4.74 Å². The summed E-state index contributed by atoms with van der Waals surface area (Å²) in [5.41, 5.74) is 3.68. The fourth-order valence-electron chi connectivity index (χ4n) is 2.55. The fraction of sp³-hybridized carbons (Fsp3) is 0.286. The van der Waals surface area contributed by atoms with Gasteiger partial charge in [-0.05, 0) is 30.0 Å². The van der Waals surface area contributed by atoms with Crippen LogP contribution in [0.25, 0.3) is 0 Å². The topological polar surface area (TPSA) is 35.0 Å². The SMILES string of the molecule is COc1nc(Cl)cc(C2CCc3ccccc32)n1. The van der Waals surface area contributed by atoms with Crippen LogP contribution in [0.15, 0.2) is 30.3 Å². The summed E-state index contributed by atoms with van der Waals surface area (Å²) in [6.45, 7) is 0. The summed E-state index contributed by atoms with van der Waals surface area (Å²) in [4.78, 5) is 8.43. The van der Waals surface area contributed by atoms with Gasteiger partial charge in [-0.2, -0.15) is 9.97 Å². The van der Waals surface area contributed by atoms with Crippen LogP contribution in [0.1, 0.15) is 29.2 Å². The molecule has 0 saturated carbocycles. The lowest BCUT2D eigenvalue weighted by Gasteiger charge is -2.12. The number of fused-ring (bicyclic) bond motifs is 1. The lowest BCUT2D eigenvalue weighted by Crippen LogP contribution is -2.02. The zero-order chi connectivity index (χ0) is 12.5. The van der Waals surface area contributed by atoms with Gasteiger partial charge in [-0.1, -0.05) is 35.9 Å². The molecule has 3 rings (SSSR count). The van der Waals surface area contributed by atoms with Gasteiger partial charge >= 0.3 is 6.01 Å². The molecule has 0 radical (unpaired) electrons. The first kappa shape index (κ1) is 11.5. The van der Waals surface area contributed by atoms with E-state index in [-0.39, 0.29) is 0 Å². The quantitative estimate of drug-likeness (QED) is 0.778. The Morgan fingerprint density at radius 1 is 1.28 bits per heavy atom. The van der Waals surface area contributed by atoms with Gasteiger partial charge in [0.2, 0.25) is 0 Å². The Kier molecular flexibility index (Phi) is 2.92. The summed E-state index contributed by atoms with van der Waals surface area (Å²) in [5, 5.41) is 0.432. The fourth-order valence-corrected chi connectivity index (χ4v) is 2.73. The third-order valence-electron chi connectivity index (χ3n) is 3.37. The number of rotatable bonds is 2. The standard InChI is InChI=1S/C14H13ClN2O/c1-18-14-16-12(8-13(15)17-14)11-7-6-9-4-2-3-5-10(9)11/h2-5,8,11H,6-7H2,1H3. The van der Waals surface area contributed by atoms with Crippen LogP contribution in [0.5, 0.6) is 6.01 Å². The van der Waals surface area contributed by atoms with Crippen molar-refractivity contribution in [2.24, 2.45) is 0 Å². The first-order valence-electron chi connectivity index (χ1n) is 5.94. The largest absolute Gasteiger partial charge is 0.467 e. The zero-order valence-electron chi connectivity index (χ0n) is 10.1. The second-order valence-electron chi connectivity index (χ2n) is 4.39. The molecule has 0 bridgehead atoms. The van der Waals surface area contributed by atoms with Crippen LogP contribution in [0.2, 0.25) is 5.15 Å². The molecule has 0 amide bonds. The number of aromatic nitrogens is 2. The number of hydrogen-bond donors (Lipinski definition) is 0. The molecule has 1 aliphatic carbocycles. The minimum absolute atomic E-state index is 0.301. The van der Waals surface area contributed by atoms with E-state index >= 15 is 0 Å². The van der Waals surface area contributed by atoms with E-state index < -0.39 is 0 Å². The Morgan fingerprint density at radius 2 is 2.11 bits per heavy atom. The van der Waals surface area contributed by atoms with Gasteiger partial charge < -0.3 is 4.74 Å². The molecule has 92 valence electrons. The number of halogens is 1. The highest BCUT2D eigenvalue weighted by Gasteiger charge is 2.25. The van der Waals surface area contributed by atoms with Crippen LogP contribution in [0.3, 0.4) is 0 Å². The highest BCUT2D eigenvalue weighted by atomic mass is 35.5. The summed E-state index contributed by atoms with van der Waals surface area (Å²) < 4.78 is 5.08. The highest BCUT2D eigenvalue weighted by molar-refractivity contribution is 6.29. The lowest BCUT2D eigenvalue weighted by molar-refractivity contribution is 0.377. The van der Waals surface area contributed by atoms with Crippen molar-refractivity contribution in [1.29, 1.82) is 0 Å². The number of nitrogens with zero attached hydrogens (tertiary/aromatic N) is 2. The zero-order valence-corrected chi connectivity index (χ0v) is 10.8. The first-order chi connectivity index (χ1) is 8.78. The van der Waals surface area contributed by atoms with E-state index in [4.69, 9.17) is 16.3 Å². The average molecular weight is 261 g/mol. The predicted molar refractivity (Wildman–Crippen MR) is 70.2 cm³/mol. The third kappa shape index (κ3) is 1.95. The van der Waals surface area contributed by atoms with Crippen LogP contribution in [0.4, 0.5) is 0 Å². The number of aryl methyl sites for hydroxylation is 1. The molecule has 2 aromatic rings. The Balaban J connectivity index is 2.04. The van der Waals surface area contributed by atoms with E-state index in [1.165, 1.54) is 11.1 Å². The molecule has 0 spiro atoms. The molecular formula is C14H13ClN2O. The molecule has 1 heterocycles. The molecule has 1 atom stereocenters. The van der Waals surface area contributed by atoms with Crippen LogP contribution in [0, 0.1) is 0 Å². The van der Waals surface area contributed by atoms with E-state index in [0.29, 0.717) is 17.1 Å². The van der Waals surface area contributed by atoms with Crippen LogP contribution < -0.4 is 4.74 Å². The molecule has 1 aliphatic rings. The maximum Gasteiger partial charge on any atom is 0.317 e. The lowest BCUT2D eigenvalue weighted by atomic mass is 9.98. The molecule has 1 aromatic carbocycles. The van der Waals surface area contributed by atoms with E-state index in [2.05, 4.69) is 34.2 Å². The molecule has 0 saturated heterocycles. The van der Waals surface area contributed by atoms with Gasteiger partial charge in [0, 0.05) is 5.92 Å². The van der Waals surface area contributed by atoms with Gasteiger partial charge in [-0.25, -0.2) is 0 Å². The van der Waals surface area contributed by atoms with Crippen molar-refractivity contribution in [2.75, 3.05) is 7.11 Å². The predicted octanol–water partition coefficient (Wildman–Crippen LogP) is 3.22. The van der Waals surface area contributed by atoms with Gasteiger partial charge in [-0.15, -0.1) is 0 Å². The van der Waals surface area contributed by atoms with E-state index in [0.717, 1.165) is 18.5 Å². The molecule has 0 fully saturated rings. The second kappa shape index (κ2) is 4.58. The summed E-state index contributed by atoms with van der Waals surface area (Å²) in [6.07, 6.45) is 2.15. The summed E-state index contributed by atoms with van der Waals surface area (Å²) in [7, 11) is 1.55. The third-order valence-corrected chi connectivity index (χ3v) is 3.56. The van der Waals surface area contributed by atoms with Crippen molar-refractivity contribution in [3.63, 3.8) is 0 Å². The normalized spacial score (nSPS) is 17.6. The molecule has 4 heteroatoms. The van der Waals surface area contributed by atoms with Gasteiger partial charge in [0.15, 0.2) is 0 Å². The minimum Gasteiger partial charge on any atom is -0.467 e. The van der Waals surface area contributed by atoms with Gasteiger partial charge in [-0.3, -0.25) is 0 Å². The first-order valence-corrected chi connectivity index (χ1v) is 6.32. The minimum atomic E-state index is 0.301. The van der Waals surface area contributed by atoms with Crippen molar-refractivity contribution in [3.05, 3.63) is 52.3 Å². The molecule has 3 nitrogen and oxygen atoms in total. The van der Waals surface area contributed by atoms with Gasteiger partial charge in [0.05, 0.1) is 12.8 Å². The summed E-state index contributed by atoms with van der Waals surface area (Å²) in [6, 6.07) is 10.6. The highest BCUT2D eigenvalue weighted by Crippen LogP contribution is 2.37. The van der Waals surface area contributed by atoms with Crippen molar-refractivity contribution >= 4 is 11.6 Å². The maximum atomic E-state index is 6.00. The molecule has 1 aromatic heterocycles. The maximum absolute atomic E-state index is 6.00. The van der Waals surface area contributed by atoms with Crippen molar-refractivity contribution in [1.82, 2.24) is 9.97 Å².